The lowest BCUT2D eigenvalue weighted by atomic mass is 10.0. The highest BCUT2D eigenvalue weighted by Gasteiger charge is 2.40. The van der Waals surface area contributed by atoms with Crippen molar-refractivity contribution in [2.75, 3.05) is 6.61 Å². The largest absolute Gasteiger partial charge is 0.466 e. The van der Waals surface area contributed by atoms with Crippen LogP contribution >= 0.6 is 0 Å². The van der Waals surface area contributed by atoms with Crippen LogP contribution in [-0.2, 0) is 16.0 Å². The van der Waals surface area contributed by atoms with Crippen LogP contribution < -0.4 is 0 Å². The molecule has 0 aromatic carbocycles. The van der Waals surface area contributed by atoms with E-state index in [1.165, 1.54) is 12.4 Å². The van der Waals surface area contributed by atoms with Crippen molar-refractivity contribution < 1.29 is 22.7 Å². The van der Waals surface area contributed by atoms with E-state index < -0.39 is 23.8 Å². The smallest absolute Gasteiger partial charge is 0.402 e. The summed E-state index contributed by atoms with van der Waals surface area (Å²) in [6.07, 6.45) is -2.32. The summed E-state index contributed by atoms with van der Waals surface area (Å²) in [6.45, 7) is 1.81. The Morgan fingerprint density at radius 2 is 2.09 bits per heavy atom. The highest BCUT2D eigenvalue weighted by atomic mass is 19.4. The van der Waals surface area contributed by atoms with Crippen molar-refractivity contribution in [1.82, 2.24) is 9.97 Å². The molecule has 1 aromatic heterocycles. The molecule has 0 aliphatic rings. The monoisotopic (exact) mass is 326 g/mol. The molecule has 0 radical (unpaired) electrons. The van der Waals surface area contributed by atoms with Gasteiger partial charge in [-0.3, -0.25) is 15.2 Å². The molecule has 9 heteroatoms. The number of carbonyl (C=O) groups excluding carboxylic acids is 1. The molecule has 0 fully saturated rings. The summed E-state index contributed by atoms with van der Waals surface area (Å²) < 4.78 is 42.5. The first-order valence-electron chi connectivity index (χ1n) is 6.42. The van der Waals surface area contributed by atoms with E-state index in [0.29, 0.717) is 0 Å². The second-order valence-corrected chi connectivity index (χ2v) is 4.18. The summed E-state index contributed by atoms with van der Waals surface area (Å²) in [5.41, 5.74) is -0.860. The average Bonchev–Trinajstić information content (AvgIpc) is 2.45. The van der Waals surface area contributed by atoms with Gasteiger partial charge in [-0.2, -0.15) is 13.2 Å². The number of alkyl halides is 3. The molecule has 0 saturated heterocycles. The quantitative estimate of drug-likeness (QED) is 0.489. The minimum Gasteiger partial charge on any atom is -0.466 e. The minimum absolute atomic E-state index is 0.0174. The molecule has 1 heterocycles. The molecule has 0 amide bonds. The van der Waals surface area contributed by atoms with E-state index in [4.69, 9.17) is 15.6 Å². The average molecular weight is 326 g/mol. The fraction of sp³-hybridized carbons (Fsp3) is 0.357. The van der Waals surface area contributed by atoms with Crippen LogP contribution in [0.2, 0.25) is 0 Å². The van der Waals surface area contributed by atoms with Gasteiger partial charge < -0.3 is 10.1 Å². The number of rotatable bonds is 5. The zero-order valence-corrected chi connectivity index (χ0v) is 12.1. The number of nitrogens with one attached hydrogen (secondary N) is 2. The predicted octanol–water partition coefficient (Wildman–Crippen LogP) is 1.78. The number of esters is 1. The van der Waals surface area contributed by atoms with Gasteiger partial charge in [0.25, 0.3) is 0 Å². The molecule has 23 heavy (non-hydrogen) atoms. The lowest BCUT2D eigenvalue weighted by Gasteiger charge is -2.12. The minimum atomic E-state index is -4.76. The summed E-state index contributed by atoms with van der Waals surface area (Å²) >= 11 is 0. The molecule has 1 rings (SSSR count). The number of aromatic nitrogens is 2. The molecule has 0 spiro atoms. The van der Waals surface area contributed by atoms with Crippen molar-refractivity contribution in [1.29, 1.82) is 10.8 Å². The van der Waals surface area contributed by atoms with Crippen LogP contribution in [-0.4, -0.2) is 40.6 Å². The van der Waals surface area contributed by atoms with Crippen LogP contribution in [0.3, 0.4) is 0 Å². The molecule has 1 atom stereocenters. The van der Waals surface area contributed by atoms with E-state index in [2.05, 4.69) is 15.9 Å². The standard InChI is InChI=1S/C14H13F3N4O2/c1-2-23-13(22)7-12-11(20-5-6-21-12)4-3-10(19)9(8-18)14(15,16)17/h5-6,8-9,18-19H,2,7H2,1H3. The maximum absolute atomic E-state index is 12.6. The molecular weight excluding hydrogens is 313 g/mol. The van der Waals surface area contributed by atoms with Crippen molar-refractivity contribution in [3.63, 3.8) is 0 Å². The van der Waals surface area contributed by atoms with Gasteiger partial charge in [0.05, 0.1) is 24.4 Å². The van der Waals surface area contributed by atoms with Gasteiger partial charge in [0.2, 0.25) is 0 Å². The molecule has 2 N–H and O–H groups in total. The first-order valence-corrected chi connectivity index (χ1v) is 6.42. The van der Waals surface area contributed by atoms with Crippen LogP contribution in [0, 0.1) is 28.6 Å². The molecule has 6 nitrogen and oxygen atoms in total. The Hall–Kier alpha value is -2.76. The normalized spacial score (nSPS) is 11.8. The van der Waals surface area contributed by atoms with Gasteiger partial charge in [-0.05, 0) is 18.8 Å². The van der Waals surface area contributed by atoms with E-state index in [9.17, 15) is 18.0 Å². The second-order valence-electron chi connectivity index (χ2n) is 4.18. The lowest BCUT2D eigenvalue weighted by molar-refractivity contribution is -0.142. The zero-order valence-electron chi connectivity index (χ0n) is 12.1. The van der Waals surface area contributed by atoms with Gasteiger partial charge in [-0.15, -0.1) is 0 Å². The number of hydrogen-bond donors (Lipinski definition) is 2. The molecule has 0 aliphatic heterocycles. The number of ether oxygens (including phenoxy) is 1. The number of carbonyl (C=O) groups is 1. The van der Waals surface area contributed by atoms with Gasteiger partial charge in [0.1, 0.15) is 11.6 Å². The van der Waals surface area contributed by atoms with Gasteiger partial charge in [0, 0.05) is 18.6 Å². The number of hydrogen-bond acceptors (Lipinski definition) is 6. The van der Waals surface area contributed by atoms with Gasteiger partial charge in [-0.1, -0.05) is 0 Å². The Balaban J connectivity index is 3.00. The third-order valence-electron chi connectivity index (χ3n) is 2.54. The molecular formula is C14H13F3N4O2. The van der Waals surface area contributed by atoms with Crippen molar-refractivity contribution >= 4 is 17.9 Å². The molecule has 0 saturated carbocycles. The fourth-order valence-electron chi connectivity index (χ4n) is 1.50. The molecule has 1 unspecified atom stereocenters. The van der Waals surface area contributed by atoms with Crippen LogP contribution in [0.4, 0.5) is 13.2 Å². The highest BCUT2D eigenvalue weighted by molar-refractivity contribution is 6.08. The summed E-state index contributed by atoms with van der Waals surface area (Å²) in [7, 11) is 0. The fourth-order valence-corrected chi connectivity index (χ4v) is 1.50. The van der Waals surface area contributed by atoms with E-state index in [0.717, 1.165) is 0 Å². The summed E-state index contributed by atoms with van der Waals surface area (Å²) in [6, 6.07) is 0. The lowest BCUT2D eigenvalue weighted by Crippen LogP contribution is -2.30. The van der Waals surface area contributed by atoms with Crippen molar-refractivity contribution in [2.24, 2.45) is 5.92 Å². The first-order chi connectivity index (χ1) is 10.8. The Morgan fingerprint density at radius 3 is 2.65 bits per heavy atom. The Kier molecular flexibility index (Phi) is 6.38. The number of nitrogens with zero attached hydrogens (tertiary/aromatic N) is 2. The van der Waals surface area contributed by atoms with Crippen LogP contribution in [0.15, 0.2) is 12.4 Å². The summed E-state index contributed by atoms with van der Waals surface area (Å²) in [4.78, 5) is 19.2. The maximum Gasteiger partial charge on any atom is 0.402 e. The Labute approximate surface area is 130 Å². The Morgan fingerprint density at radius 1 is 1.43 bits per heavy atom. The van der Waals surface area contributed by atoms with E-state index >= 15 is 0 Å². The zero-order chi connectivity index (χ0) is 17.5. The maximum atomic E-state index is 12.6. The van der Waals surface area contributed by atoms with Crippen molar-refractivity contribution in [3.8, 4) is 11.8 Å². The molecule has 1 aromatic rings. The molecule has 0 bridgehead atoms. The van der Waals surface area contributed by atoms with Gasteiger partial charge in [0.15, 0.2) is 0 Å². The van der Waals surface area contributed by atoms with Crippen LogP contribution in [0.5, 0.6) is 0 Å². The topological polar surface area (TPSA) is 99.8 Å². The van der Waals surface area contributed by atoms with Crippen molar-refractivity contribution in [2.45, 2.75) is 19.5 Å². The summed E-state index contributed by atoms with van der Waals surface area (Å²) in [5, 5.41) is 14.1. The third kappa shape index (κ3) is 5.50. The van der Waals surface area contributed by atoms with E-state index in [-0.39, 0.29) is 30.6 Å². The molecule has 0 aliphatic carbocycles. The first kappa shape index (κ1) is 18.3. The predicted molar refractivity (Wildman–Crippen MR) is 75.3 cm³/mol. The van der Waals surface area contributed by atoms with Crippen LogP contribution in [0.1, 0.15) is 18.3 Å². The Bertz CT molecular complexity index is 662. The molecule has 122 valence electrons. The highest BCUT2D eigenvalue weighted by Crippen LogP contribution is 2.25. The SMILES string of the molecule is CCOC(=O)Cc1nccnc1C#CC(=N)C(C=N)C(F)(F)F. The van der Waals surface area contributed by atoms with E-state index in [1.807, 2.05) is 5.92 Å². The summed E-state index contributed by atoms with van der Waals surface area (Å²) in [5.74, 6) is 1.35. The van der Waals surface area contributed by atoms with E-state index in [1.54, 1.807) is 6.92 Å². The second kappa shape index (κ2) is 8.03. The third-order valence-corrected chi connectivity index (χ3v) is 2.54. The van der Waals surface area contributed by atoms with Crippen LogP contribution in [0.25, 0.3) is 0 Å². The van der Waals surface area contributed by atoms with Crippen molar-refractivity contribution in [3.05, 3.63) is 23.8 Å². The number of halogens is 3. The van der Waals surface area contributed by atoms with Gasteiger partial charge >= 0.3 is 12.1 Å². The van der Waals surface area contributed by atoms with Gasteiger partial charge in [-0.25, -0.2) is 4.98 Å².